The molecule has 1 fully saturated rings. The highest BCUT2D eigenvalue weighted by Crippen LogP contribution is 2.29. The fraction of sp³-hybridized carbons (Fsp3) is 0.333. The van der Waals surface area contributed by atoms with Gasteiger partial charge < -0.3 is 9.64 Å². The maximum atomic E-state index is 13.1. The summed E-state index contributed by atoms with van der Waals surface area (Å²) >= 11 is 0. The van der Waals surface area contributed by atoms with E-state index in [1.54, 1.807) is 36.1 Å². The molecule has 2 aromatic heterocycles. The molecule has 29 heavy (non-hydrogen) atoms. The van der Waals surface area contributed by atoms with Gasteiger partial charge in [-0.15, -0.1) is 0 Å². The van der Waals surface area contributed by atoms with Crippen molar-refractivity contribution in [1.82, 2.24) is 24.6 Å². The Morgan fingerprint density at radius 1 is 1.21 bits per heavy atom. The molecular formula is C21H22FN5O2. The van der Waals surface area contributed by atoms with E-state index in [9.17, 15) is 9.18 Å². The van der Waals surface area contributed by atoms with E-state index in [1.165, 1.54) is 12.1 Å². The molecule has 1 unspecified atom stereocenters. The molecule has 150 valence electrons. The number of carbonyl (C=O) groups is 1. The van der Waals surface area contributed by atoms with Gasteiger partial charge in [-0.3, -0.25) is 9.48 Å². The van der Waals surface area contributed by atoms with Crippen molar-refractivity contribution in [3.63, 3.8) is 0 Å². The van der Waals surface area contributed by atoms with Crippen LogP contribution in [0.2, 0.25) is 0 Å². The standard InChI is InChI=1S/C21H22FN5O2/c1-13-10-19(29-17-6-4-16(22)5-7-17)24-20(23-13)15-8-9-27(11-15)21(28)18-12-26(3)25-14(18)2/h4-7,10,12,15H,8-9,11H2,1-3H3. The lowest BCUT2D eigenvalue weighted by atomic mass is 10.1. The van der Waals surface area contributed by atoms with Crippen LogP contribution in [0.3, 0.4) is 0 Å². The topological polar surface area (TPSA) is 73.1 Å². The van der Waals surface area contributed by atoms with E-state index in [2.05, 4.69) is 15.1 Å². The van der Waals surface area contributed by atoms with Crippen molar-refractivity contribution in [2.45, 2.75) is 26.2 Å². The molecular weight excluding hydrogens is 373 g/mol. The van der Waals surface area contributed by atoms with Crippen LogP contribution in [0.4, 0.5) is 4.39 Å². The largest absolute Gasteiger partial charge is 0.439 e. The highest BCUT2D eigenvalue weighted by molar-refractivity contribution is 5.95. The Bertz CT molecular complexity index is 1050. The molecule has 7 nitrogen and oxygen atoms in total. The minimum atomic E-state index is -0.323. The molecule has 0 bridgehead atoms. The Morgan fingerprint density at radius 3 is 2.66 bits per heavy atom. The molecule has 1 aromatic carbocycles. The molecule has 0 N–H and O–H groups in total. The van der Waals surface area contributed by atoms with E-state index in [-0.39, 0.29) is 17.6 Å². The normalized spacial score (nSPS) is 16.3. The van der Waals surface area contributed by atoms with Gasteiger partial charge in [-0.2, -0.15) is 10.1 Å². The lowest BCUT2D eigenvalue weighted by Crippen LogP contribution is -2.29. The fourth-order valence-corrected chi connectivity index (χ4v) is 3.56. The number of ether oxygens (including phenoxy) is 1. The molecule has 4 rings (SSSR count). The van der Waals surface area contributed by atoms with Gasteiger partial charge in [-0.1, -0.05) is 0 Å². The quantitative estimate of drug-likeness (QED) is 0.677. The van der Waals surface area contributed by atoms with Gasteiger partial charge in [0.1, 0.15) is 17.4 Å². The average molecular weight is 395 g/mol. The number of hydrogen-bond acceptors (Lipinski definition) is 5. The van der Waals surface area contributed by atoms with E-state index >= 15 is 0 Å². The molecule has 1 aliphatic heterocycles. The predicted octanol–water partition coefficient (Wildman–Crippen LogP) is 3.39. The molecule has 0 saturated carbocycles. The summed E-state index contributed by atoms with van der Waals surface area (Å²) in [6.45, 7) is 4.90. The molecule has 0 spiro atoms. The second-order valence-electron chi connectivity index (χ2n) is 7.30. The number of hydrogen-bond donors (Lipinski definition) is 0. The Kier molecular flexibility index (Phi) is 5.00. The van der Waals surface area contributed by atoms with Crippen LogP contribution >= 0.6 is 0 Å². The summed E-state index contributed by atoms with van der Waals surface area (Å²) in [6, 6.07) is 7.53. The molecule has 1 atom stereocenters. The van der Waals surface area contributed by atoms with E-state index < -0.39 is 0 Å². The van der Waals surface area contributed by atoms with Gasteiger partial charge in [0.15, 0.2) is 0 Å². The van der Waals surface area contributed by atoms with Gasteiger partial charge in [0.05, 0.1) is 11.3 Å². The molecule has 0 aliphatic carbocycles. The minimum Gasteiger partial charge on any atom is -0.439 e. The number of benzene rings is 1. The highest BCUT2D eigenvalue weighted by atomic mass is 19.1. The molecule has 1 amide bonds. The zero-order chi connectivity index (χ0) is 20.5. The number of nitrogens with zero attached hydrogens (tertiary/aromatic N) is 5. The van der Waals surface area contributed by atoms with Gasteiger partial charge >= 0.3 is 0 Å². The summed E-state index contributed by atoms with van der Waals surface area (Å²) in [5.41, 5.74) is 2.13. The van der Waals surface area contributed by atoms with Gasteiger partial charge in [-0.25, -0.2) is 9.37 Å². The van der Waals surface area contributed by atoms with Crippen molar-refractivity contribution < 1.29 is 13.9 Å². The third kappa shape index (κ3) is 4.11. The molecule has 3 heterocycles. The zero-order valence-corrected chi connectivity index (χ0v) is 16.6. The van der Waals surface area contributed by atoms with Crippen molar-refractivity contribution in [2.24, 2.45) is 7.05 Å². The first kappa shape index (κ1) is 19.0. The van der Waals surface area contributed by atoms with Gasteiger partial charge in [-0.05, 0) is 44.5 Å². The van der Waals surface area contributed by atoms with Crippen molar-refractivity contribution in [2.75, 3.05) is 13.1 Å². The number of likely N-dealkylation sites (tertiary alicyclic amines) is 1. The maximum Gasteiger partial charge on any atom is 0.257 e. The van der Waals surface area contributed by atoms with Gasteiger partial charge in [0.2, 0.25) is 5.88 Å². The SMILES string of the molecule is Cc1cc(Oc2ccc(F)cc2)nc(C2CCN(C(=O)c3cn(C)nc3C)C2)n1. The second kappa shape index (κ2) is 7.62. The third-order valence-corrected chi connectivity index (χ3v) is 4.97. The smallest absolute Gasteiger partial charge is 0.257 e. The van der Waals surface area contributed by atoms with E-state index in [1.807, 2.05) is 18.7 Å². The van der Waals surface area contributed by atoms with Crippen molar-refractivity contribution in [3.8, 4) is 11.6 Å². The first-order chi connectivity index (χ1) is 13.9. The fourth-order valence-electron chi connectivity index (χ4n) is 3.56. The first-order valence-electron chi connectivity index (χ1n) is 9.47. The van der Waals surface area contributed by atoms with Crippen molar-refractivity contribution in [1.29, 1.82) is 0 Å². The van der Waals surface area contributed by atoms with Crippen LogP contribution < -0.4 is 4.74 Å². The highest BCUT2D eigenvalue weighted by Gasteiger charge is 2.31. The maximum absolute atomic E-state index is 13.1. The molecule has 0 radical (unpaired) electrons. The zero-order valence-electron chi connectivity index (χ0n) is 16.6. The lowest BCUT2D eigenvalue weighted by molar-refractivity contribution is 0.0789. The van der Waals surface area contributed by atoms with Crippen LogP contribution in [-0.2, 0) is 7.05 Å². The van der Waals surface area contributed by atoms with Crippen LogP contribution in [0.25, 0.3) is 0 Å². The number of aromatic nitrogens is 4. The monoisotopic (exact) mass is 395 g/mol. The molecule has 3 aromatic rings. The number of rotatable bonds is 4. The summed E-state index contributed by atoms with van der Waals surface area (Å²) in [5, 5.41) is 4.25. The van der Waals surface area contributed by atoms with Crippen LogP contribution in [-0.4, -0.2) is 43.6 Å². The van der Waals surface area contributed by atoms with Gasteiger partial charge in [0.25, 0.3) is 5.91 Å². The summed E-state index contributed by atoms with van der Waals surface area (Å²) < 4.78 is 20.5. The van der Waals surface area contributed by atoms with Crippen molar-refractivity contribution >= 4 is 5.91 Å². The second-order valence-corrected chi connectivity index (χ2v) is 7.30. The van der Waals surface area contributed by atoms with Crippen LogP contribution in [0, 0.1) is 19.7 Å². The Morgan fingerprint density at radius 2 is 1.97 bits per heavy atom. The average Bonchev–Trinajstić information content (AvgIpc) is 3.29. The predicted molar refractivity (Wildman–Crippen MR) is 104 cm³/mol. The summed E-state index contributed by atoms with van der Waals surface area (Å²) in [6.07, 6.45) is 2.54. The number of halogens is 1. The Labute approximate surface area is 168 Å². The van der Waals surface area contributed by atoms with Gasteiger partial charge in [0, 0.05) is 44.0 Å². The third-order valence-electron chi connectivity index (χ3n) is 4.97. The molecule has 8 heteroatoms. The molecule has 1 saturated heterocycles. The Hall–Kier alpha value is -3.29. The van der Waals surface area contributed by atoms with E-state index in [4.69, 9.17) is 4.74 Å². The Balaban J connectivity index is 1.50. The van der Waals surface area contributed by atoms with Crippen molar-refractivity contribution in [3.05, 3.63) is 65.1 Å². The molecule has 1 aliphatic rings. The lowest BCUT2D eigenvalue weighted by Gasteiger charge is -2.16. The van der Waals surface area contributed by atoms with E-state index in [0.29, 0.717) is 36.1 Å². The number of amides is 1. The summed E-state index contributed by atoms with van der Waals surface area (Å²) in [4.78, 5) is 23.8. The number of carbonyl (C=O) groups excluding carboxylic acids is 1. The van der Waals surface area contributed by atoms with E-state index in [0.717, 1.165) is 17.8 Å². The minimum absolute atomic E-state index is 0.0199. The number of aryl methyl sites for hydroxylation is 3. The first-order valence-corrected chi connectivity index (χ1v) is 9.47. The summed E-state index contributed by atoms with van der Waals surface area (Å²) in [7, 11) is 1.81. The van der Waals surface area contributed by atoms with Crippen LogP contribution in [0.15, 0.2) is 36.5 Å². The van der Waals surface area contributed by atoms with Crippen LogP contribution in [0.5, 0.6) is 11.6 Å². The summed E-state index contributed by atoms with van der Waals surface area (Å²) in [5.74, 6) is 1.26. The van der Waals surface area contributed by atoms with Crippen LogP contribution in [0.1, 0.15) is 39.9 Å².